The average molecular weight is 407 g/mol. The third-order valence-electron chi connectivity index (χ3n) is 4.82. The van der Waals surface area contributed by atoms with Gasteiger partial charge in [-0.2, -0.15) is 0 Å². The smallest absolute Gasteiger partial charge is 0.263 e. The Morgan fingerprint density at radius 3 is 2.85 bits per heavy atom. The zero-order valence-electron chi connectivity index (χ0n) is 14.8. The lowest BCUT2D eigenvalue weighted by Crippen LogP contribution is -3.08. The molecule has 0 bridgehead atoms. The lowest BCUT2D eigenvalue weighted by Gasteiger charge is -2.19. The molecule has 0 spiro atoms. The first kappa shape index (κ1) is 18.0. The van der Waals surface area contributed by atoms with Crippen LogP contribution in [0.25, 0.3) is 10.2 Å². The van der Waals surface area contributed by atoms with Crippen molar-refractivity contribution in [2.24, 2.45) is 0 Å². The van der Waals surface area contributed by atoms with Crippen LogP contribution in [0.2, 0.25) is 5.02 Å². The van der Waals surface area contributed by atoms with Gasteiger partial charge >= 0.3 is 0 Å². The van der Waals surface area contributed by atoms with E-state index in [1.807, 2.05) is 35.8 Å². The summed E-state index contributed by atoms with van der Waals surface area (Å²) < 4.78 is 1.82. The van der Waals surface area contributed by atoms with Gasteiger partial charge in [0.05, 0.1) is 23.9 Å². The molecule has 0 aliphatic carbocycles. The SMILES string of the molecule is CCn1c(SCc2ccc(Cl)cc2)nc2sc3c(c2c1=O)CC[NH+](C)C3. The molecule has 1 aliphatic heterocycles. The number of benzene rings is 1. The maximum absolute atomic E-state index is 13.1. The summed E-state index contributed by atoms with van der Waals surface area (Å²) in [5.74, 6) is 0.771. The Balaban J connectivity index is 1.72. The van der Waals surface area contributed by atoms with E-state index in [0.717, 1.165) is 45.7 Å². The van der Waals surface area contributed by atoms with Crippen molar-refractivity contribution in [3.05, 3.63) is 55.6 Å². The van der Waals surface area contributed by atoms with Crippen LogP contribution in [0.15, 0.2) is 34.2 Å². The van der Waals surface area contributed by atoms with Gasteiger partial charge in [-0.1, -0.05) is 35.5 Å². The van der Waals surface area contributed by atoms with E-state index in [2.05, 4.69) is 7.05 Å². The second-order valence-electron chi connectivity index (χ2n) is 6.68. The molecule has 0 radical (unpaired) electrons. The van der Waals surface area contributed by atoms with Crippen LogP contribution in [0, 0.1) is 0 Å². The van der Waals surface area contributed by atoms with E-state index in [9.17, 15) is 4.79 Å². The highest BCUT2D eigenvalue weighted by molar-refractivity contribution is 7.98. The van der Waals surface area contributed by atoms with Crippen molar-refractivity contribution < 1.29 is 4.90 Å². The molecular formula is C19H21ClN3OS2+. The third kappa shape index (κ3) is 3.31. The van der Waals surface area contributed by atoms with E-state index in [1.165, 1.54) is 20.9 Å². The van der Waals surface area contributed by atoms with Gasteiger partial charge in [-0.3, -0.25) is 9.36 Å². The summed E-state index contributed by atoms with van der Waals surface area (Å²) in [6.07, 6.45) is 0.971. The fourth-order valence-corrected chi connectivity index (χ4v) is 5.91. The van der Waals surface area contributed by atoms with Gasteiger partial charge in [-0.25, -0.2) is 4.98 Å². The van der Waals surface area contributed by atoms with Crippen LogP contribution in [-0.2, 0) is 25.3 Å². The van der Waals surface area contributed by atoms with Crippen molar-refractivity contribution in [3.8, 4) is 0 Å². The van der Waals surface area contributed by atoms with E-state index in [4.69, 9.17) is 16.6 Å². The van der Waals surface area contributed by atoms with Crippen molar-refractivity contribution in [2.45, 2.75) is 37.3 Å². The fourth-order valence-electron chi connectivity index (χ4n) is 3.39. The van der Waals surface area contributed by atoms with Crippen LogP contribution in [0.3, 0.4) is 0 Å². The van der Waals surface area contributed by atoms with Gasteiger partial charge in [0.25, 0.3) is 5.56 Å². The van der Waals surface area contributed by atoms with Gasteiger partial charge in [0.2, 0.25) is 0 Å². The summed E-state index contributed by atoms with van der Waals surface area (Å²) in [5.41, 5.74) is 2.53. The predicted molar refractivity (Wildman–Crippen MR) is 110 cm³/mol. The Morgan fingerprint density at radius 2 is 2.12 bits per heavy atom. The topological polar surface area (TPSA) is 39.3 Å². The predicted octanol–water partition coefficient (Wildman–Crippen LogP) is 2.99. The second kappa shape index (κ2) is 7.35. The number of halogens is 1. The van der Waals surface area contributed by atoms with Crippen molar-refractivity contribution in [3.63, 3.8) is 0 Å². The first-order valence-electron chi connectivity index (χ1n) is 8.80. The van der Waals surface area contributed by atoms with Crippen LogP contribution in [0.4, 0.5) is 0 Å². The maximum Gasteiger partial charge on any atom is 0.263 e. The van der Waals surface area contributed by atoms with Gasteiger partial charge in [-0.15, -0.1) is 11.3 Å². The Labute approximate surface area is 165 Å². The van der Waals surface area contributed by atoms with E-state index >= 15 is 0 Å². The summed E-state index contributed by atoms with van der Waals surface area (Å²) in [5, 5.41) is 2.40. The Bertz CT molecular complexity index is 1010. The maximum atomic E-state index is 13.1. The number of hydrogen-bond donors (Lipinski definition) is 1. The number of hydrogen-bond acceptors (Lipinski definition) is 4. The summed E-state index contributed by atoms with van der Waals surface area (Å²) >= 11 is 9.27. The van der Waals surface area contributed by atoms with E-state index < -0.39 is 0 Å². The minimum Gasteiger partial charge on any atom is -0.333 e. The molecule has 136 valence electrons. The summed E-state index contributed by atoms with van der Waals surface area (Å²) in [7, 11) is 2.21. The molecular weight excluding hydrogens is 386 g/mol. The van der Waals surface area contributed by atoms with Crippen molar-refractivity contribution in [1.29, 1.82) is 0 Å². The molecule has 1 aromatic carbocycles. The minimum absolute atomic E-state index is 0.119. The standard InChI is InChI=1S/C19H20ClN3OS2/c1-3-23-18(24)16-14-8-9-22(2)10-15(14)26-17(16)21-19(23)25-11-12-4-6-13(20)7-5-12/h4-7H,3,8-11H2,1-2H3/p+1. The molecule has 0 amide bonds. The molecule has 1 N–H and O–H groups in total. The Kier molecular flexibility index (Phi) is 5.10. The van der Waals surface area contributed by atoms with E-state index in [0.29, 0.717) is 6.54 Å². The van der Waals surface area contributed by atoms with E-state index in [1.54, 1.807) is 23.1 Å². The van der Waals surface area contributed by atoms with Gasteiger partial charge in [0, 0.05) is 23.7 Å². The molecule has 4 nitrogen and oxygen atoms in total. The highest BCUT2D eigenvalue weighted by atomic mass is 35.5. The van der Waals surface area contributed by atoms with Gasteiger partial charge in [-0.05, 0) is 30.2 Å². The normalized spacial score (nSPS) is 16.8. The number of likely N-dealkylation sites (N-methyl/N-ethyl adjacent to an activating group) is 1. The highest BCUT2D eigenvalue weighted by Gasteiger charge is 2.25. The monoisotopic (exact) mass is 406 g/mol. The molecule has 26 heavy (non-hydrogen) atoms. The lowest BCUT2D eigenvalue weighted by atomic mass is 10.1. The molecule has 1 atom stereocenters. The number of nitrogens with one attached hydrogen (secondary N) is 1. The number of thiophene rings is 1. The molecule has 2 aromatic heterocycles. The molecule has 3 aromatic rings. The largest absolute Gasteiger partial charge is 0.333 e. The highest BCUT2D eigenvalue weighted by Crippen LogP contribution is 2.31. The van der Waals surface area contributed by atoms with Crippen LogP contribution >= 0.6 is 34.7 Å². The van der Waals surface area contributed by atoms with Crippen LogP contribution in [-0.4, -0.2) is 23.1 Å². The number of nitrogens with zero attached hydrogens (tertiary/aromatic N) is 2. The van der Waals surface area contributed by atoms with Crippen LogP contribution in [0.1, 0.15) is 22.9 Å². The molecule has 3 heterocycles. The molecule has 1 unspecified atom stereocenters. The first-order valence-corrected chi connectivity index (χ1v) is 11.0. The van der Waals surface area contributed by atoms with Gasteiger partial charge in [0.15, 0.2) is 5.16 Å². The molecule has 0 saturated heterocycles. The van der Waals surface area contributed by atoms with Gasteiger partial charge in [0.1, 0.15) is 11.4 Å². The Morgan fingerprint density at radius 1 is 1.35 bits per heavy atom. The summed E-state index contributed by atoms with van der Waals surface area (Å²) in [4.78, 5) is 21.7. The minimum atomic E-state index is 0.119. The van der Waals surface area contributed by atoms with E-state index in [-0.39, 0.29) is 5.56 Å². The van der Waals surface area contributed by atoms with Crippen molar-refractivity contribution in [2.75, 3.05) is 13.6 Å². The summed E-state index contributed by atoms with van der Waals surface area (Å²) in [6, 6.07) is 7.83. The Hall–Kier alpha value is -1.34. The number of fused-ring (bicyclic) bond motifs is 3. The first-order chi connectivity index (χ1) is 12.6. The third-order valence-corrected chi connectivity index (χ3v) is 7.25. The molecule has 7 heteroatoms. The molecule has 1 aliphatic rings. The number of thioether (sulfide) groups is 1. The lowest BCUT2D eigenvalue weighted by molar-refractivity contribution is -0.895. The average Bonchev–Trinajstić information content (AvgIpc) is 2.98. The molecule has 0 fully saturated rings. The number of aromatic nitrogens is 2. The number of rotatable bonds is 4. The van der Waals surface area contributed by atoms with Crippen LogP contribution < -0.4 is 10.5 Å². The van der Waals surface area contributed by atoms with Crippen LogP contribution in [0.5, 0.6) is 0 Å². The fraction of sp³-hybridized carbons (Fsp3) is 0.368. The molecule has 4 rings (SSSR count). The zero-order chi connectivity index (χ0) is 18.3. The zero-order valence-corrected chi connectivity index (χ0v) is 17.2. The quantitative estimate of drug-likeness (QED) is 0.534. The van der Waals surface area contributed by atoms with Crippen molar-refractivity contribution >= 4 is 44.9 Å². The second-order valence-corrected chi connectivity index (χ2v) is 9.14. The van der Waals surface area contributed by atoms with Gasteiger partial charge < -0.3 is 4.90 Å². The number of quaternary nitrogens is 1. The van der Waals surface area contributed by atoms with Crippen molar-refractivity contribution in [1.82, 2.24) is 9.55 Å². The summed E-state index contributed by atoms with van der Waals surface area (Å²) in [6.45, 7) is 4.73. The molecule has 0 saturated carbocycles.